The molecule has 108 valence electrons. The molecular weight excluding hydrogens is 286 g/mol. The van der Waals surface area contributed by atoms with Crippen molar-refractivity contribution in [2.75, 3.05) is 0 Å². The Bertz CT molecular complexity index is 383. The molecule has 1 N–H and O–H groups in total. The minimum absolute atomic E-state index is 0.865. The van der Waals surface area contributed by atoms with E-state index in [-0.39, 0.29) is 0 Å². The second-order valence-electron chi connectivity index (χ2n) is 6.02. The van der Waals surface area contributed by atoms with Crippen molar-refractivity contribution in [2.45, 2.75) is 45.8 Å². The minimum atomic E-state index is -1.98. The van der Waals surface area contributed by atoms with E-state index < -0.39 is 26.1 Å². The summed E-state index contributed by atoms with van der Waals surface area (Å²) in [5.41, 5.74) is 1.30. The molecule has 0 aliphatic carbocycles. The van der Waals surface area contributed by atoms with Gasteiger partial charge in [0.1, 0.15) is 0 Å². The van der Waals surface area contributed by atoms with Crippen LogP contribution in [0.5, 0.6) is 0 Å². The SMILES string of the molecule is C[SiH](C)O[Si](C)(C)O[Si](C)(C)NCc1ccccc1. The highest BCUT2D eigenvalue weighted by Gasteiger charge is 2.35. The Labute approximate surface area is 121 Å². The fraction of sp³-hybridized carbons (Fsp3) is 0.538. The molecule has 6 heteroatoms. The van der Waals surface area contributed by atoms with Gasteiger partial charge < -0.3 is 13.2 Å². The molecule has 0 spiro atoms. The Morgan fingerprint density at radius 2 is 1.63 bits per heavy atom. The molecule has 0 heterocycles. The van der Waals surface area contributed by atoms with Crippen LogP contribution in [0.2, 0.25) is 39.3 Å². The van der Waals surface area contributed by atoms with Gasteiger partial charge in [0.15, 0.2) is 9.04 Å². The zero-order chi connectivity index (χ0) is 14.5. The maximum atomic E-state index is 6.34. The third-order valence-corrected chi connectivity index (χ3v) is 11.8. The van der Waals surface area contributed by atoms with Gasteiger partial charge in [-0.3, -0.25) is 0 Å². The fourth-order valence-corrected chi connectivity index (χ4v) is 13.2. The number of hydrogen-bond acceptors (Lipinski definition) is 3. The second kappa shape index (κ2) is 6.96. The smallest absolute Gasteiger partial charge is 0.311 e. The van der Waals surface area contributed by atoms with Crippen LogP contribution in [-0.4, -0.2) is 26.1 Å². The van der Waals surface area contributed by atoms with E-state index in [1.165, 1.54) is 5.56 Å². The summed E-state index contributed by atoms with van der Waals surface area (Å²) < 4.78 is 12.4. The van der Waals surface area contributed by atoms with Crippen molar-refractivity contribution in [1.29, 1.82) is 0 Å². The summed E-state index contributed by atoms with van der Waals surface area (Å²) >= 11 is 0. The van der Waals surface area contributed by atoms with Crippen molar-refractivity contribution in [1.82, 2.24) is 4.98 Å². The lowest BCUT2D eigenvalue weighted by Crippen LogP contribution is -2.56. The largest absolute Gasteiger partial charge is 0.440 e. The van der Waals surface area contributed by atoms with Gasteiger partial charge in [-0.1, -0.05) is 30.3 Å². The maximum Gasteiger partial charge on any atom is 0.311 e. The van der Waals surface area contributed by atoms with Crippen molar-refractivity contribution in [3.63, 3.8) is 0 Å². The molecule has 0 saturated carbocycles. The van der Waals surface area contributed by atoms with Crippen LogP contribution in [0.15, 0.2) is 30.3 Å². The summed E-state index contributed by atoms with van der Waals surface area (Å²) in [6, 6.07) is 10.5. The van der Waals surface area contributed by atoms with E-state index in [1.54, 1.807) is 0 Å². The molecule has 0 aliphatic rings. The van der Waals surface area contributed by atoms with Crippen LogP contribution in [0.1, 0.15) is 5.56 Å². The Morgan fingerprint density at radius 1 is 1.05 bits per heavy atom. The number of nitrogens with one attached hydrogen (secondary N) is 1. The Hall–Kier alpha value is -0.249. The van der Waals surface area contributed by atoms with Crippen molar-refractivity contribution < 1.29 is 8.23 Å². The predicted molar refractivity (Wildman–Crippen MR) is 89.3 cm³/mol. The van der Waals surface area contributed by atoms with E-state index in [1.807, 2.05) is 6.07 Å². The number of rotatable bonds is 7. The molecule has 0 radical (unpaired) electrons. The first-order valence-electron chi connectivity index (χ1n) is 6.87. The standard InChI is InChI=1S/C13H27NO2Si3/c1-17(2)15-19(5,6)16-18(3,4)14-12-13-10-8-7-9-11-13/h7-11,14,17H,12H2,1-6H3. The lowest BCUT2D eigenvalue weighted by Gasteiger charge is -2.35. The highest BCUT2D eigenvalue weighted by atomic mass is 28.5. The van der Waals surface area contributed by atoms with Crippen LogP contribution in [0.25, 0.3) is 0 Å². The van der Waals surface area contributed by atoms with Crippen molar-refractivity contribution >= 4 is 26.1 Å². The molecule has 0 saturated heterocycles. The van der Waals surface area contributed by atoms with Gasteiger partial charge in [0.2, 0.25) is 0 Å². The molecule has 0 fully saturated rings. The van der Waals surface area contributed by atoms with Crippen LogP contribution < -0.4 is 4.98 Å². The Morgan fingerprint density at radius 3 is 2.16 bits per heavy atom. The van der Waals surface area contributed by atoms with Gasteiger partial charge in [-0.15, -0.1) is 0 Å². The van der Waals surface area contributed by atoms with Gasteiger partial charge in [0.25, 0.3) is 8.48 Å². The molecule has 1 rings (SSSR count). The van der Waals surface area contributed by atoms with E-state index in [2.05, 4.69) is 68.5 Å². The molecule has 1 aromatic carbocycles. The summed E-state index contributed by atoms with van der Waals surface area (Å²) in [4.78, 5) is 3.59. The topological polar surface area (TPSA) is 30.5 Å². The lowest BCUT2D eigenvalue weighted by molar-refractivity contribution is 0.393. The van der Waals surface area contributed by atoms with Crippen LogP contribution in [0.3, 0.4) is 0 Å². The van der Waals surface area contributed by atoms with E-state index in [4.69, 9.17) is 8.23 Å². The summed E-state index contributed by atoms with van der Waals surface area (Å²) in [6.45, 7) is 14.0. The van der Waals surface area contributed by atoms with Gasteiger partial charge in [0.05, 0.1) is 0 Å². The molecule has 19 heavy (non-hydrogen) atoms. The van der Waals surface area contributed by atoms with Gasteiger partial charge in [0, 0.05) is 6.54 Å². The van der Waals surface area contributed by atoms with Gasteiger partial charge in [-0.2, -0.15) is 0 Å². The maximum absolute atomic E-state index is 6.34. The van der Waals surface area contributed by atoms with E-state index in [0.29, 0.717) is 0 Å². The molecule has 0 unspecified atom stereocenters. The zero-order valence-electron chi connectivity index (χ0n) is 13.0. The summed E-state index contributed by atoms with van der Waals surface area (Å²) in [7, 11) is -4.89. The highest BCUT2D eigenvalue weighted by Crippen LogP contribution is 2.15. The molecule has 0 atom stereocenters. The molecule has 1 aromatic rings. The average molecular weight is 314 g/mol. The molecular formula is C13H27NO2Si3. The van der Waals surface area contributed by atoms with Gasteiger partial charge in [-0.05, 0) is 44.8 Å². The summed E-state index contributed by atoms with van der Waals surface area (Å²) in [5.74, 6) is 0. The van der Waals surface area contributed by atoms with E-state index >= 15 is 0 Å². The van der Waals surface area contributed by atoms with Crippen molar-refractivity contribution in [3.05, 3.63) is 35.9 Å². The summed E-state index contributed by atoms with van der Waals surface area (Å²) in [6.07, 6.45) is 0. The van der Waals surface area contributed by atoms with Crippen molar-refractivity contribution in [2.24, 2.45) is 0 Å². The van der Waals surface area contributed by atoms with Crippen LogP contribution >= 0.6 is 0 Å². The average Bonchev–Trinajstić information content (AvgIpc) is 2.24. The zero-order valence-corrected chi connectivity index (χ0v) is 16.1. The van der Waals surface area contributed by atoms with Crippen LogP contribution in [0.4, 0.5) is 0 Å². The van der Waals surface area contributed by atoms with Crippen LogP contribution in [-0.2, 0) is 14.8 Å². The number of benzene rings is 1. The van der Waals surface area contributed by atoms with E-state index in [0.717, 1.165) is 6.54 Å². The Kier molecular flexibility index (Phi) is 6.16. The summed E-state index contributed by atoms with van der Waals surface area (Å²) in [5, 5.41) is 0. The third kappa shape index (κ3) is 7.19. The highest BCUT2D eigenvalue weighted by molar-refractivity contribution is 6.83. The first-order chi connectivity index (χ1) is 8.70. The minimum Gasteiger partial charge on any atom is -0.440 e. The normalized spacial score (nSPS) is 13.0. The first kappa shape index (κ1) is 16.8. The molecule has 0 aliphatic heterocycles. The molecule has 0 aromatic heterocycles. The van der Waals surface area contributed by atoms with Crippen LogP contribution in [0, 0.1) is 0 Å². The third-order valence-electron chi connectivity index (χ3n) is 2.58. The Balaban J connectivity index is 2.51. The molecule has 3 nitrogen and oxygen atoms in total. The monoisotopic (exact) mass is 313 g/mol. The quantitative estimate of drug-likeness (QED) is 0.784. The predicted octanol–water partition coefficient (Wildman–Crippen LogP) is 3.20. The number of hydrogen-bond donors (Lipinski definition) is 1. The second-order valence-corrected chi connectivity index (χ2v) is 16.0. The molecule has 0 amide bonds. The van der Waals surface area contributed by atoms with E-state index in [9.17, 15) is 0 Å². The fourth-order valence-electron chi connectivity index (χ4n) is 2.15. The molecule has 0 bridgehead atoms. The van der Waals surface area contributed by atoms with Gasteiger partial charge >= 0.3 is 8.56 Å². The lowest BCUT2D eigenvalue weighted by atomic mass is 10.2. The van der Waals surface area contributed by atoms with Gasteiger partial charge in [-0.25, -0.2) is 0 Å². The van der Waals surface area contributed by atoms with Crippen molar-refractivity contribution in [3.8, 4) is 0 Å². The first-order valence-corrected chi connectivity index (χ1v) is 15.4.